The molecule has 1 aliphatic rings. The van der Waals surface area contributed by atoms with E-state index in [9.17, 15) is 4.79 Å². The molecule has 1 atom stereocenters. The van der Waals surface area contributed by atoms with E-state index >= 15 is 0 Å². The van der Waals surface area contributed by atoms with Crippen LogP contribution in [0, 0.1) is 0 Å². The smallest absolute Gasteiger partial charge is 0.170 e. The SMILES string of the molecule is CCCCCC1(C)CC(=O)c2cc(Br)ccc2O1. The number of hydrogen-bond acceptors (Lipinski definition) is 2. The van der Waals surface area contributed by atoms with Gasteiger partial charge in [0.25, 0.3) is 0 Å². The summed E-state index contributed by atoms with van der Waals surface area (Å²) in [6.45, 7) is 4.23. The van der Waals surface area contributed by atoms with Crippen LogP contribution >= 0.6 is 15.9 Å². The molecule has 0 fully saturated rings. The number of Topliss-reactive ketones (excluding diaryl/α,β-unsaturated/α-hetero) is 1. The fraction of sp³-hybridized carbons (Fsp3) is 0.533. The van der Waals surface area contributed by atoms with Gasteiger partial charge in [-0.2, -0.15) is 0 Å². The van der Waals surface area contributed by atoms with Crippen molar-refractivity contribution in [2.75, 3.05) is 0 Å². The van der Waals surface area contributed by atoms with Crippen LogP contribution in [0.1, 0.15) is 56.3 Å². The summed E-state index contributed by atoms with van der Waals surface area (Å²) in [5.74, 6) is 0.921. The highest BCUT2D eigenvalue weighted by molar-refractivity contribution is 9.10. The van der Waals surface area contributed by atoms with Crippen molar-refractivity contribution in [2.24, 2.45) is 0 Å². The minimum Gasteiger partial charge on any atom is -0.486 e. The van der Waals surface area contributed by atoms with Crippen molar-refractivity contribution in [1.82, 2.24) is 0 Å². The van der Waals surface area contributed by atoms with E-state index in [1.807, 2.05) is 25.1 Å². The second-order valence-electron chi connectivity index (χ2n) is 5.25. The number of fused-ring (bicyclic) bond motifs is 1. The molecule has 2 nitrogen and oxygen atoms in total. The Morgan fingerprint density at radius 3 is 2.89 bits per heavy atom. The Labute approximate surface area is 117 Å². The Morgan fingerprint density at radius 2 is 2.17 bits per heavy atom. The summed E-state index contributed by atoms with van der Waals surface area (Å²) in [6.07, 6.45) is 4.93. The molecule has 2 rings (SSSR count). The zero-order chi connectivity index (χ0) is 13.2. The molecule has 0 bridgehead atoms. The largest absolute Gasteiger partial charge is 0.486 e. The maximum atomic E-state index is 12.2. The van der Waals surface area contributed by atoms with Gasteiger partial charge >= 0.3 is 0 Å². The highest BCUT2D eigenvalue weighted by Crippen LogP contribution is 2.37. The van der Waals surface area contributed by atoms with Crippen molar-refractivity contribution in [3.8, 4) is 5.75 Å². The maximum absolute atomic E-state index is 12.2. The quantitative estimate of drug-likeness (QED) is 0.750. The lowest BCUT2D eigenvalue weighted by molar-refractivity contribution is 0.0453. The third-order valence-electron chi connectivity index (χ3n) is 3.44. The third kappa shape index (κ3) is 2.94. The van der Waals surface area contributed by atoms with Crippen molar-refractivity contribution in [3.05, 3.63) is 28.2 Å². The molecule has 0 aromatic heterocycles. The van der Waals surface area contributed by atoms with Crippen LogP contribution in [0.5, 0.6) is 5.75 Å². The van der Waals surface area contributed by atoms with Gasteiger partial charge in [0.15, 0.2) is 5.78 Å². The second-order valence-corrected chi connectivity index (χ2v) is 6.17. The Morgan fingerprint density at radius 1 is 1.39 bits per heavy atom. The van der Waals surface area contributed by atoms with Crippen LogP contribution in [0.2, 0.25) is 0 Å². The molecule has 1 unspecified atom stereocenters. The van der Waals surface area contributed by atoms with Gasteiger partial charge in [0, 0.05) is 4.47 Å². The van der Waals surface area contributed by atoms with Gasteiger partial charge in [0.2, 0.25) is 0 Å². The lowest BCUT2D eigenvalue weighted by Crippen LogP contribution is -2.39. The monoisotopic (exact) mass is 310 g/mol. The van der Waals surface area contributed by atoms with E-state index in [0.29, 0.717) is 12.0 Å². The van der Waals surface area contributed by atoms with Gasteiger partial charge in [-0.3, -0.25) is 4.79 Å². The standard InChI is InChI=1S/C15H19BrO2/c1-3-4-5-8-15(2)10-13(17)12-9-11(16)6-7-14(12)18-15/h6-7,9H,3-5,8,10H2,1-2H3. The van der Waals surface area contributed by atoms with Crippen LogP contribution in [-0.2, 0) is 0 Å². The Hall–Kier alpha value is -0.830. The number of ketones is 1. The first-order valence-electron chi connectivity index (χ1n) is 6.56. The number of rotatable bonds is 4. The summed E-state index contributed by atoms with van der Waals surface area (Å²) in [4.78, 5) is 12.2. The van der Waals surface area contributed by atoms with Crippen molar-refractivity contribution < 1.29 is 9.53 Å². The van der Waals surface area contributed by atoms with Gasteiger partial charge in [-0.1, -0.05) is 35.7 Å². The summed E-state index contributed by atoms with van der Waals surface area (Å²) in [7, 11) is 0. The van der Waals surface area contributed by atoms with Gasteiger partial charge in [-0.05, 0) is 38.0 Å². The zero-order valence-corrected chi connectivity index (χ0v) is 12.5. The van der Waals surface area contributed by atoms with E-state index in [2.05, 4.69) is 22.9 Å². The van der Waals surface area contributed by atoms with Gasteiger partial charge in [-0.15, -0.1) is 0 Å². The van der Waals surface area contributed by atoms with Crippen LogP contribution in [0.4, 0.5) is 0 Å². The average molecular weight is 311 g/mol. The molecule has 0 amide bonds. The molecule has 98 valence electrons. The van der Waals surface area contributed by atoms with Crippen LogP contribution in [-0.4, -0.2) is 11.4 Å². The highest BCUT2D eigenvalue weighted by atomic mass is 79.9. The maximum Gasteiger partial charge on any atom is 0.170 e. The average Bonchev–Trinajstić information content (AvgIpc) is 2.31. The fourth-order valence-electron chi connectivity index (χ4n) is 2.43. The molecule has 0 spiro atoms. The second kappa shape index (κ2) is 5.43. The number of hydrogen-bond donors (Lipinski definition) is 0. The van der Waals surface area contributed by atoms with E-state index in [4.69, 9.17) is 4.74 Å². The van der Waals surface area contributed by atoms with E-state index in [0.717, 1.165) is 23.1 Å². The highest BCUT2D eigenvalue weighted by Gasteiger charge is 2.35. The number of unbranched alkanes of at least 4 members (excludes halogenated alkanes) is 2. The topological polar surface area (TPSA) is 26.3 Å². The Bertz CT molecular complexity index is 456. The van der Waals surface area contributed by atoms with Gasteiger partial charge in [0.05, 0.1) is 12.0 Å². The third-order valence-corrected chi connectivity index (χ3v) is 3.94. The number of ether oxygens (including phenoxy) is 1. The van der Waals surface area contributed by atoms with Crippen LogP contribution < -0.4 is 4.74 Å². The van der Waals surface area contributed by atoms with Crippen molar-refractivity contribution in [3.63, 3.8) is 0 Å². The Kier molecular flexibility index (Phi) is 4.10. The molecule has 3 heteroatoms. The summed E-state index contributed by atoms with van der Waals surface area (Å²) >= 11 is 3.39. The fourth-order valence-corrected chi connectivity index (χ4v) is 2.79. The first kappa shape index (κ1) is 13.6. The number of benzene rings is 1. The molecule has 0 radical (unpaired) electrons. The minimum absolute atomic E-state index is 0.191. The van der Waals surface area contributed by atoms with Gasteiger partial charge in [-0.25, -0.2) is 0 Å². The van der Waals surface area contributed by atoms with Crippen LogP contribution in [0.15, 0.2) is 22.7 Å². The van der Waals surface area contributed by atoms with Gasteiger partial charge < -0.3 is 4.74 Å². The molecule has 1 aromatic rings. The molecule has 0 aliphatic carbocycles. The van der Waals surface area contributed by atoms with Crippen LogP contribution in [0.25, 0.3) is 0 Å². The Balaban J connectivity index is 2.17. The predicted octanol–water partition coefficient (Wildman–Crippen LogP) is 4.75. The summed E-state index contributed by atoms with van der Waals surface area (Å²) in [5, 5.41) is 0. The number of carbonyl (C=O) groups excluding carboxylic acids is 1. The normalized spacial score (nSPS) is 22.5. The van der Waals surface area contributed by atoms with Crippen LogP contribution in [0.3, 0.4) is 0 Å². The lowest BCUT2D eigenvalue weighted by Gasteiger charge is -2.35. The molecule has 0 saturated carbocycles. The summed E-state index contributed by atoms with van der Waals surface area (Å²) < 4.78 is 6.97. The molecule has 1 heterocycles. The molecule has 18 heavy (non-hydrogen) atoms. The number of carbonyl (C=O) groups is 1. The molecule has 1 aromatic carbocycles. The number of halogens is 1. The first-order valence-corrected chi connectivity index (χ1v) is 7.35. The first-order chi connectivity index (χ1) is 8.54. The summed E-state index contributed by atoms with van der Waals surface area (Å²) in [6, 6.07) is 5.65. The lowest BCUT2D eigenvalue weighted by atomic mass is 9.87. The van der Waals surface area contributed by atoms with E-state index in [1.165, 1.54) is 12.8 Å². The van der Waals surface area contributed by atoms with E-state index < -0.39 is 0 Å². The van der Waals surface area contributed by atoms with Crippen molar-refractivity contribution >= 4 is 21.7 Å². The predicted molar refractivity (Wildman–Crippen MR) is 76.3 cm³/mol. The van der Waals surface area contributed by atoms with E-state index in [-0.39, 0.29) is 11.4 Å². The molecule has 1 aliphatic heterocycles. The van der Waals surface area contributed by atoms with Gasteiger partial charge in [0.1, 0.15) is 11.4 Å². The summed E-state index contributed by atoms with van der Waals surface area (Å²) in [5.41, 5.74) is 0.380. The zero-order valence-electron chi connectivity index (χ0n) is 11.0. The molecular formula is C15H19BrO2. The van der Waals surface area contributed by atoms with Crippen molar-refractivity contribution in [1.29, 1.82) is 0 Å². The molecular weight excluding hydrogens is 292 g/mol. The molecule has 0 saturated heterocycles. The molecule has 0 N–H and O–H groups in total. The minimum atomic E-state index is -0.326. The van der Waals surface area contributed by atoms with E-state index in [1.54, 1.807) is 0 Å². The van der Waals surface area contributed by atoms with Crippen molar-refractivity contribution in [2.45, 2.75) is 51.6 Å².